The summed E-state index contributed by atoms with van der Waals surface area (Å²) in [5, 5.41) is 9.08. The van der Waals surface area contributed by atoms with Crippen LogP contribution in [0.3, 0.4) is 0 Å². The minimum atomic E-state index is -0.849. The molecule has 0 aliphatic heterocycles. The number of nitrogens with zero attached hydrogens (tertiary/aromatic N) is 3. The molecule has 5 heteroatoms. The number of rotatable bonds is 6. The van der Waals surface area contributed by atoms with E-state index in [0.29, 0.717) is 5.56 Å². The zero-order chi connectivity index (χ0) is 13.8. The van der Waals surface area contributed by atoms with Gasteiger partial charge in [-0.25, -0.2) is 9.78 Å². The molecule has 5 nitrogen and oxygen atoms in total. The molecule has 0 saturated carbocycles. The Bertz CT molecular complexity index is 556. The molecule has 102 valence electrons. The predicted octanol–water partition coefficient (Wildman–Crippen LogP) is 2.48. The van der Waals surface area contributed by atoms with E-state index >= 15 is 0 Å². The Kier molecular flexibility index (Phi) is 4.04. The summed E-state index contributed by atoms with van der Waals surface area (Å²) >= 11 is 0. The fraction of sp³-hybridized carbons (Fsp3) is 0.429. The Morgan fingerprint density at radius 3 is 2.63 bits per heavy atom. The van der Waals surface area contributed by atoms with Gasteiger partial charge in [-0.3, -0.25) is 0 Å². The molecule has 1 N–H and O–H groups in total. The minimum Gasteiger partial charge on any atom is -0.478 e. The lowest BCUT2D eigenvalue weighted by Crippen LogP contribution is -2.06. The highest BCUT2D eigenvalue weighted by Gasteiger charge is 2.13. The first-order valence-electron chi connectivity index (χ1n) is 6.45. The third-order valence-corrected chi connectivity index (χ3v) is 3.41. The lowest BCUT2D eigenvalue weighted by atomic mass is 10.2. The average Bonchev–Trinajstić information content (AvgIpc) is 2.96. The van der Waals surface area contributed by atoms with Crippen molar-refractivity contribution >= 4 is 5.97 Å². The van der Waals surface area contributed by atoms with Crippen LogP contribution in [0.1, 0.15) is 34.6 Å². The first-order chi connectivity index (χ1) is 9.09. The Morgan fingerprint density at radius 1 is 1.32 bits per heavy atom. The van der Waals surface area contributed by atoms with E-state index < -0.39 is 5.97 Å². The molecule has 2 aromatic heterocycles. The molecule has 0 aliphatic carbocycles. The fourth-order valence-electron chi connectivity index (χ4n) is 2.35. The Morgan fingerprint density at radius 2 is 2.05 bits per heavy atom. The smallest absolute Gasteiger partial charge is 0.337 e. The summed E-state index contributed by atoms with van der Waals surface area (Å²) < 4.78 is 4.13. The van der Waals surface area contributed by atoms with Gasteiger partial charge in [0, 0.05) is 36.9 Å². The number of carboxylic acids is 1. The van der Waals surface area contributed by atoms with Gasteiger partial charge in [-0.1, -0.05) is 0 Å². The van der Waals surface area contributed by atoms with Crippen molar-refractivity contribution in [1.82, 2.24) is 14.1 Å². The number of hydrogen-bond donors (Lipinski definition) is 1. The number of carbonyl (C=O) groups is 1. The third kappa shape index (κ3) is 3.05. The van der Waals surface area contributed by atoms with Crippen LogP contribution in [0.2, 0.25) is 0 Å². The van der Waals surface area contributed by atoms with Gasteiger partial charge in [0.2, 0.25) is 0 Å². The number of aromatic nitrogens is 3. The summed E-state index contributed by atoms with van der Waals surface area (Å²) in [4.78, 5) is 15.1. The van der Waals surface area contributed by atoms with E-state index in [0.717, 1.165) is 37.3 Å². The number of hydrogen-bond acceptors (Lipinski definition) is 2. The quantitative estimate of drug-likeness (QED) is 0.813. The van der Waals surface area contributed by atoms with Crippen LogP contribution in [0.4, 0.5) is 0 Å². The van der Waals surface area contributed by atoms with Crippen molar-refractivity contribution in [2.24, 2.45) is 0 Å². The summed E-state index contributed by atoms with van der Waals surface area (Å²) in [6.07, 6.45) is 7.62. The monoisotopic (exact) mass is 261 g/mol. The summed E-state index contributed by atoms with van der Waals surface area (Å²) in [5.74, 6) is -0.849. The van der Waals surface area contributed by atoms with Crippen LogP contribution in [-0.4, -0.2) is 25.2 Å². The molecule has 0 amide bonds. The van der Waals surface area contributed by atoms with Crippen LogP contribution >= 0.6 is 0 Å². The standard InChI is InChI=1S/C14H19N3O2/c1-11-9-13(14(18)19)12(2)17(11)7-4-3-6-16-8-5-15-10-16/h5,8-10H,3-4,6-7H2,1-2H3,(H,18,19). The maximum absolute atomic E-state index is 11.0. The number of imidazole rings is 1. The van der Waals surface area contributed by atoms with E-state index in [-0.39, 0.29) is 0 Å². The minimum absolute atomic E-state index is 0.409. The molecule has 2 heterocycles. The highest BCUT2D eigenvalue weighted by atomic mass is 16.4. The molecular weight excluding hydrogens is 242 g/mol. The van der Waals surface area contributed by atoms with Gasteiger partial charge in [0.25, 0.3) is 0 Å². The Labute approximate surface area is 112 Å². The molecule has 0 aromatic carbocycles. The summed E-state index contributed by atoms with van der Waals surface area (Å²) in [5.41, 5.74) is 2.26. The van der Waals surface area contributed by atoms with Gasteiger partial charge in [-0.15, -0.1) is 0 Å². The predicted molar refractivity (Wildman–Crippen MR) is 72.3 cm³/mol. The van der Waals surface area contributed by atoms with E-state index in [1.165, 1.54) is 0 Å². The van der Waals surface area contributed by atoms with Crippen LogP contribution in [0, 0.1) is 13.8 Å². The molecule has 0 saturated heterocycles. The molecule has 0 spiro atoms. The zero-order valence-corrected chi connectivity index (χ0v) is 11.3. The lowest BCUT2D eigenvalue weighted by Gasteiger charge is -2.09. The highest BCUT2D eigenvalue weighted by Crippen LogP contribution is 2.16. The number of carboxylic acid groups (broad SMARTS) is 1. The van der Waals surface area contributed by atoms with E-state index in [1.807, 2.05) is 26.4 Å². The van der Waals surface area contributed by atoms with Gasteiger partial charge >= 0.3 is 5.97 Å². The molecule has 0 unspecified atom stereocenters. The third-order valence-electron chi connectivity index (χ3n) is 3.41. The first-order valence-corrected chi connectivity index (χ1v) is 6.45. The van der Waals surface area contributed by atoms with Crippen molar-refractivity contribution in [3.05, 3.63) is 41.7 Å². The second-order valence-electron chi connectivity index (χ2n) is 4.75. The fourth-order valence-corrected chi connectivity index (χ4v) is 2.35. The molecule has 2 aromatic rings. The van der Waals surface area contributed by atoms with E-state index in [4.69, 9.17) is 5.11 Å². The summed E-state index contributed by atoms with van der Waals surface area (Å²) in [6, 6.07) is 1.74. The normalized spacial score (nSPS) is 10.8. The van der Waals surface area contributed by atoms with Crippen LogP contribution < -0.4 is 0 Å². The largest absolute Gasteiger partial charge is 0.478 e. The molecule has 0 bridgehead atoms. The van der Waals surface area contributed by atoms with Gasteiger partial charge < -0.3 is 14.2 Å². The van der Waals surface area contributed by atoms with Crippen molar-refractivity contribution < 1.29 is 9.90 Å². The van der Waals surface area contributed by atoms with Gasteiger partial charge in [0.1, 0.15) is 0 Å². The van der Waals surface area contributed by atoms with Crippen LogP contribution in [0.5, 0.6) is 0 Å². The van der Waals surface area contributed by atoms with Gasteiger partial charge in [-0.2, -0.15) is 0 Å². The first kappa shape index (κ1) is 13.4. The van der Waals surface area contributed by atoms with Crippen molar-refractivity contribution in [3.63, 3.8) is 0 Å². The number of unbranched alkanes of at least 4 members (excludes halogenated alkanes) is 1. The second kappa shape index (κ2) is 5.73. The number of aryl methyl sites for hydroxylation is 2. The Balaban J connectivity index is 1.91. The van der Waals surface area contributed by atoms with Crippen LogP contribution in [0.25, 0.3) is 0 Å². The maximum Gasteiger partial charge on any atom is 0.337 e. The van der Waals surface area contributed by atoms with Gasteiger partial charge in [0.05, 0.1) is 11.9 Å². The van der Waals surface area contributed by atoms with E-state index in [1.54, 1.807) is 12.3 Å². The zero-order valence-electron chi connectivity index (χ0n) is 11.3. The van der Waals surface area contributed by atoms with Crippen LogP contribution in [-0.2, 0) is 13.1 Å². The Hall–Kier alpha value is -2.04. The molecule has 2 rings (SSSR count). The SMILES string of the molecule is Cc1cc(C(=O)O)c(C)n1CCCCn1ccnc1. The topological polar surface area (TPSA) is 60.0 Å². The van der Waals surface area contributed by atoms with Crippen molar-refractivity contribution in [1.29, 1.82) is 0 Å². The molecule has 0 aliphatic rings. The second-order valence-corrected chi connectivity index (χ2v) is 4.75. The summed E-state index contributed by atoms with van der Waals surface area (Å²) in [6.45, 7) is 5.63. The lowest BCUT2D eigenvalue weighted by molar-refractivity contribution is 0.0696. The highest BCUT2D eigenvalue weighted by molar-refractivity contribution is 5.89. The average molecular weight is 261 g/mol. The molecule has 19 heavy (non-hydrogen) atoms. The van der Waals surface area contributed by atoms with Gasteiger partial charge in [0.15, 0.2) is 0 Å². The molecule has 0 radical (unpaired) electrons. The van der Waals surface area contributed by atoms with E-state index in [2.05, 4.69) is 14.1 Å². The van der Waals surface area contributed by atoms with Crippen molar-refractivity contribution in [2.45, 2.75) is 39.8 Å². The molecule has 0 fully saturated rings. The maximum atomic E-state index is 11.0. The van der Waals surface area contributed by atoms with E-state index in [9.17, 15) is 4.79 Å². The van der Waals surface area contributed by atoms with Crippen molar-refractivity contribution in [2.75, 3.05) is 0 Å². The number of aromatic carboxylic acids is 1. The summed E-state index contributed by atoms with van der Waals surface area (Å²) in [7, 11) is 0. The van der Waals surface area contributed by atoms with Crippen molar-refractivity contribution in [3.8, 4) is 0 Å². The molecular formula is C14H19N3O2. The van der Waals surface area contributed by atoms with Gasteiger partial charge in [-0.05, 0) is 32.8 Å². The molecule has 0 atom stereocenters. The van der Waals surface area contributed by atoms with Crippen LogP contribution in [0.15, 0.2) is 24.8 Å².